The SMILES string of the molecule is Cc1cccc(CN(CCS(=O)(=O)F)CC2(C)COC2)c1. The summed E-state index contributed by atoms with van der Waals surface area (Å²) in [5, 5.41) is 0. The van der Waals surface area contributed by atoms with Crippen LogP contribution in [-0.4, -0.2) is 45.4 Å². The summed E-state index contributed by atoms with van der Waals surface area (Å²) in [6, 6.07) is 8.06. The summed E-state index contributed by atoms with van der Waals surface area (Å²) < 4.78 is 39.6. The summed E-state index contributed by atoms with van der Waals surface area (Å²) in [5.74, 6) is -0.463. The van der Waals surface area contributed by atoms with E-state index in [1.165, 1.54) is 0 Å². The van der Waals surface area contributed by atoms with Crippen LogP contribution in [0.25, 0.3) is 0 Å². The van der Waals surface area contributed by atoms with Gasteiger partial charge in [-0.3, -0.25) is 4.90 Å². The fraction of sp³-hybridized carbons (Fsp3) is 0.600. The molecule has 1 heterocycles. The lowest BCUT2D eigenvalue weighted by molar-refractivity contribution is -0.115. The lowest BCUT2D eigenvalue weighted by atomic mass is 9.88. The number of benzene rings is 1. The zero-order chi connectivity index (χ0) is 15.5. The molecule has 1 aliphatic rings. The minimum Gasteiger partial charge on any atom is -0.380 e. The maximum Gasteiger partial charge on any atom is 0.303 e. The Balaban J connectivity index is 2.03. The predicted molar refractivity (Wildman–Crippen MR) is 80.3 cm³/mol. The highest BCUT2D eigenvalue weighted by molar-refractivity contribution is 7.86. The Kier molecular flexibility index (Phi) is 5.01. The molecule has 118 valence electrons. The van der Waals surface area contributed by atoms with Crippen molar-refractivity contribution in [3.05, 3.63) is 35.4 Å². The molecule has 0 atom stereocenters. The van der Waals surface area contributed by atoms with Crippen molar-refractivity contribution in [1.82, 2.24) is 4.90 Å². The van der Waals surface area contributed by atoms with Crippen LogP contribution in [0.3, 0.4) is 0 Å². The summed E-state index contributed by atoms with van der Waals surface area (Å²) in [4.78, 5) is 1.99. The Morgan fingerprint density at radius 1 is 1.38 bits per heavy atom. The Labute approximate surface area is 126 Å². The van der Waals surface area contributed by atoms with Crippen LogP contribution in [-0.2, 0) is 21.5 Å². The molecule has 6 heteroatoms. The predicted octanol–water partition coefficient (Wildman–Crippen LogP) is 2.13. The summed E-state index contributed by atoms with van der Waals surface area (Å²) in [5.41, 5.74) is 2.29. The summed E-state index contributed by atoms with van der Waals surface area (Å²) in [6.45, 7) is 6.97. The van der Waals surface area contributed by atoms with Gasteiger partial charge in [0.15, 0.2) is 0 Å². The van der Waals surface area contributed by atoms with Gasteiger partial charge in [0.1, 0.15) is 0 Å². The molecule has 21 heavy (non-hydrogen) atoms. The van der Waals surface area contributed by atoms with Crippen molar-refractivity contribution in [1.29, 1.82) is 0 Å². The minimum absolute atomic E-state index is 0.0316. The van der Waals surface area contributed by atoms with Crippen LogP contribution >= 0.6 is 0 Å². The smallest absolute Gasteiger partial charge is 0.303 e. The molecule has 1 aromatic carbocycles. The van der Waals surface area contributed by atoms with E-state index in [4.69, 9.17) is 4.74 Å². The van der Waals surface area contributed by atoms with Crippen LogP contribution in [0.15, 0.2) is 24.3 Å². The Morgan fingerprint density at radius 3 is 2.62 bits per heavy atom. The fourth-order valence-corrected chi connectivity index (χ4v) is 3.08. The van der Waals surface area contributed by atoms with Gasteiger partial charge in [0.05, 0.1) is 19.0 Å². The summed E-state index contributed by atoms with van der Waals surface area (Å²) in [6.07, 6.45) is 0. The highest BCUT2D eigenvalue weighted by Gasteiger charge is 2.35. The van der Waals surface area contributed by atoms with Crippen LogP contribution in [0.5, 0.6) is 0 Å². The summed E-state index contributed by atoms with van der Waals surface area (Å²) >= 11 is 0. The third-order valence-electron chi connectivity index (χ3n) is 3.65. The quantitative estimate of drug-likeness (QED) is 0.723. The van der Waals surface area contributed by atoms with Gasteiger partial charge in [-0.05, 0) is 12.5 Å². The third-order valence-corrected chi connectivity index (χ3v) is 4.32. The molecule has 0 amide bonds. The maximum atomic E-state index is 12.8. The van der Waals surface area contributed by atoms with E-state index in [-0.39, 0.29) is 12.0 Å². The monoisotopic (exact) mass is 315 g/mol. The molecule has 0 bridgehead atoms. The van der Waals surface area contributed by atoms with E-state index < -0.39 is 16.0 Å². The second-order valence-corrected chi connectivity index (χ2v) is 7.73. The second-order valence-electron chi connectivity index (χ2n) is 6.25. The molecule has 1 aromatic rings. The zero-order valence-electron chi connectivity index (χ0n) is 12.5. The van der Waals surface area contributed by atoms with E-state index in [0.717, 1.165) is 11.1 Å². The highest BCUT2D eigenvalue weighted by atomic mass is 32.3. The molecular formula is C15H22FNO3S. The van der Waals surface area contributed by atoms with E-state index >= 15 is 0 Å². The first-order valence-corrected chi connectivity index (χ1v) is 8.59. The maximum absolute atomic E-state index is 12.8. The number of hydrogen-bond donors (Lipinski definition) is 0. The van der Waals surface area contributed by atoms with Crippen molar-refractivity contribution in [3.8, 4) is 0 Å². The van der Waals surface area contributed by atoms with Crippen molar-refractivity contribution < 1.29 is 17.0 Å². The second kappa shape index (κ2) is 6.42. The average Bonchev–Trinajstić information content (AvgIpc) is 2.33. The number of rotatable bonds is 7. The first kappa shape index (κ1) is 16.4. The topological polar surface area (TPSA) is 46.6 Å². The molecule has 0 aliphatic carbocycles. The van der Waals surface area contributed by atoms with Gasteiger partial charge >= 0.3 is 10.2 Å². The summed E-state index contributed by atoms with van der Waals surface area (Å²) in [7, 11) is -4.44. The van der Waals surface area contributed by atoms with Crippen LogP contribution in [0.4, 0.5) is 3.89 Å². The molecule has 1 saturated heterocycles. The Bertz CT molecular complexity index is 584. The van der Waals surface area contributed by atoms with Crippen molar-refractivity contribution in [3.63, 3.8) is 0 Å². The first-order valence-electron chi connectivity index (χ1n) is 7.04. The zero-order valence-corrected chi connectivity index (χ0v) is 13.3. The largest absolute Gasteiger partial charge is 0.380 e. The van der Waals surface area contributed by atoms with Crippen LogP contribution < -0.4 is 0 Å². The van der Waals surface area contributed by atoms with Gasteiger partial charge in [0.25, 0.3) is 0 Å². The highest BCUT2D eigenvalue weighted by Crippen LogP contribution is 2.28. The van der Waals surface area contributed by atoms with E-state index in [0.29, 0.717) is 26.3 Å². The molecule has 0 aromatic heterocycles. The molecule has 0 saturated carbocycles. The van der Waals surface area contributed by atoms with Crippen LogP contribution in [0.2, 0.25) is 0 Å². The van der Waals surface area contributed by atoms with Gasteiger partial charge in [-0.1, -0.05) is 36.8 Å². The van der Waals surface area contributed by atoms with Gasteiger partial charge in [-0.25, -0.2) is 0 Å². The van der Waals surface area contributed by atoms with Gasteiger partial charge in [0, 0.05) is 25.0 Å². The normalized spacial score (nSPS) is 17.7. The molecule has 0 unspecified atom stereocenters. The van der Waals surface area contributed by atoms with Gasteiger partial charge in [0.2, 0.25) is 0 Å². The molecular weight excluding hydrogens is 293 g/mol. The standard InChI is InChI=1S/C15H22FNO3S/c1-13-4-3-5-14(8-13)9-17(6-7-21(16,18)19)10-15(2)11-20-12-15/h3-5,8H,6-7,9-12H2,1-2H3. The van der Waals surface area contributed by atoms with Crippen LogP contribution in [0, 0.1) is 12.3 Å². The van der Waals surface area contributed by atoms with E-state index in [1.807, 2.05) is 30.0 Å². The molecule has 0 spiro atoms. The number of hydrogen-bond acceptors (Lipinski definition) is 4. The van der Waals surface area contributed by atoms with Crippen molar-refractivity contribution >= 4 is 10.2 Å². The number of halogens is 1. The molecule has 4 nitrogen and oxygen atoms in total. The molecule has 0 radical (unpaired) electrons. The van der Waals surface area contributed by atoms with Crippen molar-refractivity contribution in [2.24, 2.45) is 5.41 Å². The Morgan fingerprint density at radius 2 is 2.10 bits per heavy atom. The van der Waals surface area contributed by atoms with Crippen molar-refractivity contribution in [2.75, 3.05) is 32.1 Å². The first-order chi connectivity index (χ1) is 9.76. The van der Waals surface area contributed by atoms with Gasteiger partial charge in [-0.15, -0.1) is 3.89 Å². The fourth-order valence-electron chi connectivity index (χ4n) is 2.60. The lowest BCUT2D eigenvalue weighted by Gasteiger charge is -2.41. The molecule has 2 rings (SSSR count). The van der Waals surface area contributed by atoms with Gasteiger partial charge in [-0.2, -0.15) is 8.42 Å². The molecule has 0 N–H and O–H groups in total. The number of ether oxygens (including phenoxy) is 1. The Hall–Kier alpha value is -0.980. The van der Waals surface area contributed by atoms with E-state index in [9.17, 15) is 12.3 Å². The van der Waals surface area contributed by atoms with E-state index in [2.05, 4.69) is 13.0 Å². The lowest BCUT2D eigenvalue weighted by Crippen LogP contribution is -2.49. The third kappa shape index (κ3) is 5.37. The van der Waals surface area contributed by atoms with Gasteiger partial charge < -0.3 is 4.74 Å². The van der Waals surface area contributed by atoms with Crippen molar-refractivity contribution in [2.45, 2.75) is 20.4 Å². The number of nitrogens with zero attached hydrogens (tertiary/aromatic N) is 1. The molecule has 1 fully saturated rings. The van der Waals surface area contributed by atoms with Crippen LogP contribution in [0.1, 0.15) is 18.1 Å². The average molecular weight is 315 g/mol. The number of aryl methyl sites for hydroxylation is 1. The van der Waals surface area contributed by atoms with E-state index in [1.54, 1.807) is 0 Å². The molecule has 1 aliphatic heterocycles. The minimum atomic E-state index is -4.44.